The predicted octanol–water partition coefficient (Wildman–Crippen LogP) is 0.162. The molecule has 3 heterocycles. The van der Waals surface area contributed by atoms with Crippen molar-refractivity contribution in [3.63, 3.8) is 0 Å². The summed E-state index contributed by atoms with van der Waals surface area (Å²) >= 11 is 0. The van der Waals surface area contributed by atoms with Gasteiger partial charge in [-0.15, -0.1) is 0 Å². The monoisotopic (exact) mass is 322 g/mol. The molecule has 0 unspecified atom stereocenters. The molecule has 2 fully saturated rings. The third-order valence-corrected chi connectivity index (χ3v) is 5.14. The van der Waals surface area contributed by atoms with Crippen LogP contribution in [0.1, 0.15) is 26.7 Å². The zero-order valence-electron chi connectivity index (χ0n) is 14.2. The average Bonchev–Trinajstić information content (AvgIpc) is 3.22. The lowest BCUT2D eigenvalue weighted by Gasteiger charge is -2.24. The summed E-state index contributed by atoms with van der Waals surface area (Å²) in [5.74, 6) is 0.00664. The molecule has 3 rings (SSSR count). The van der Waals surface area contributed by atoms with Crippen LogP contribution in [0.2, 0.25) is 0 Å². The molecule has 0 spiro atoms. The summed E-state index contributed by atoms with van der Waals surface area (Å²) in [5, 5.41) is 4.02. The van der Waals surface area contributed by atoms with Crippen molar-refractivity contribution in [3.8, 4) is 0 Å². The van der Waals surface area contributed by atoms with Gasteiger partial charge in [-0.25, -0.2) is 0 Å². The Bertz CT molecular complexity index is 513. The maximum Gasteiger partial charge on any atom is 0.272 e. The average molecular weight is 322 g/mol. The van der Waals surface area contributed by atoms with Crippen LogP contribution in [0.4, 0.5) is 0 Å². The summed E-state index contributed by atoms with van der Waals surface area (Å²) < 4.78 is 0. The molecule has 3 aliphatic rings. The number of nitrogens with zero attached hydrogens (tertiary/aromatic N) is 4. The van der Waals surface area contributed by atoms with Crippen molar-refractivity contribution in [1.29, 1.82) is 0 Å². The first-order valence-electron chi connectivity index (χ1n) is 8.48. The van der Waals surface area contributed by atoms with Crippen molar-refractivity contribution in [2.75, 3.05) is 39.8 Å². The SMILES string of the molecule is CC(C)N(C)CC(=O)N1C[C@@H]2C(C(=O)N3CCCC3)=NO[C@@H]2C1. The van der Waals surface area contributed by atoms with E-state index in [4.69, 9.17) is 4.84 Å². The van der Waals surface area contributed by atoms with E-state index in [-0.39, 0.29) is 23.8 Å². The molecule has 23 heavy (non-hydrogen) atoms. The topological polar surface area (TPSA) is 65.5 Å². The summed E-state index contributed by atoms with van der Waals surface area (Å²) in [6.45, 7) is 7.19. The lowest BCUT2D eigenvalue weighted by molar-refractivity contribution is -0.132. The second kappa shape index (κ2) is 6.47. The van der Waals surface area contributed by atoms with Crippen molar-refractivity contribution in [1.82, 2.24) is 14.7 Å². The highest BCUT2D eigenvalue weighted by atomic mass is 16.6. The highest BCUT2D eigenvalue weighted by Gasteiger charge is 2.47. The van der Waals surface area contributed by atoms with Crippen LogP contribution >= 0.6 is 0 Å². The molecule has 0 saturated carbocycles. The van der Waals surface area contributed by atoms with Gasteiger partial charge in [0.25, 0.3) is 5.91 Å². The van der Waals surface area contributed by atoms with Gasteiger partial charge in [0, 0.05) is 25.7 Å². The normalized spacial score (nSPS) is 26.7. The fraction of sp³-hybridized carbons (Fsp3) is 0.812. The van der Waals surface area contributed by atoms with Gasteiger partial charge in [-0.1, -0.05) is 5.16 Å². The smallest absolute Gasteiger partial charge is 0.272 e. The van der Waals surface area contributed by atoms with Gasteiger partial charge < -0.3 is 14.6 Å². The second-order valence-corrected chi connectivity index (χ2v) is 7.03. The molecule has 3 aliphatic heterocycles. The van der Waals surface area contributed by atoms with E-state index in [1.165, 1.54) is 0 Å². The molecule has 0 bridgehead atoms. The summed E-state index contributed by atoms with van der Waals surface area (Å²) in [4.78, 5) is 36.1. The summed E-state index contributed by atoms with van der Waals surface area (Å²) in [7, 11) is 1.94. The molecule has 0 aliphatic carbocycles. The molecular weight excluding hydrogens is 296 g/mol. The fourth-order valence-corrected chi connectivity index (χ4v) is 3.31. The number of fused-ring (bicyclic) bond motifs is 1. The molecule has 0 aromatic heterocycles. The third kappa shape index (κ3) is 3.20. The van der Waals surface area contributed by atoms with Gasteiger partial charge in [0.05, 0.1) is 19.0 Å². The van der Waals surface area contributed by atoms with Crippen LogP contribution in [-0.4, -0.2) is 84.1 Å². The molecule has 2 atom stereocenters. The maximum atomic E-state index is 12.5. The van der Waals surface area contributed by atoms with E-state index < -0.39 is 0 Å². The van der Waals surface area contributed by atoms with Gasteiger partial charge in [0.15, 0.2) is 11.8 Å². The highest BCUT2D eigenvalue weighted by molar-refractivity contribution is 6.40. The van der Waals surface area contributed by atoms with E-state index >= 15 is 0 Å². The Balaban J connectivity index is 1.59. The van der Waals surface area contributed by atoms with Crippen LogP contribution in [0, 0.1) is 5.92 Å². The lowest BCUT2D eigenvalue weighted by atomic mass is 10.00. The number of hydrogen-bond acceptors (Lipinski definition) is 5. The van der Waals surface area contributed by atoms with Crippen molar-refractivity contribution < 1.29 is 14.4 Å². The first-order chi connectivity index (χ1) is 11.0. The van der Waals surface area contributed by atoms with E-state index in [1.807, 2.05) is 16.8 Å². The van der Waals surface area contributed by atoms with Crippen molar-refractivity contribution in [3.05, 3.63) is 0 Å². The van der Waals surface area contributed by atoms with Crippen LogP contribution in [0.3, 0.4) is 0 Å². The molecule has 2 saturated heterocycles. The standard InChI is InChI=1S/C16H26N4O3/c1-11(2)18(3)10-14(21)20-8-12-13(9-20)23-17-15(12)16(22)19-6-4-5-7-19/h11-13H,4-10H2,1-3H3/t12-,13+/m0/s1. The first kappa shape index (κ1) is 16.2. The number of carbonyl (C=O) groups excluding carboxylic acids is 2. The number of rotatable bonds is 4. The minimum Gasteiger partial charge on any atom is -0.389 e. The van der Waals surface area contributed by atoms with Crippen molar-refractivity contribution in [2.45, 2.75) is 38.8 Å². The molecule has 128 valence electrons. The molecule has 0 N–H and O–H groups in total. The Hall–Kier alpha value is -1.63. The number of oxime groups is 1. The van der Waals surface area contributed by atoms with Crippen LogP contribution < -0.4 is 0 Å². The summed E-state index contributed by atoms with van der Waals surface area (Å²) in [6, 6.07) is 0.325. The molecule has 0 radical (unpaired) electrons. The number of likely N-dealkylation sites (tertiary alicyclic amines) is 2. The largest absolute Gasteiger partial charge is 0.389 e. The lowest BCUT2D eigenvalue weighted by Crippen LogP contribution is -2.42. The van der Waals surface area contributed by atoms with Gasteiger partial charge in [-0.05, 0) is 33.7 Å². The first-order valence-corrected chi connectivity index (χ1v) is 8.48. The molecular formula is C16H26N4O3. The van der Waals surface area contributed by atoms with Crippen LogP contribution in [0.25, 0.3) is 0 Å². The van der Waals surface area contributed by atoms with E-state index in [0.717, 1.165) is 25.9 Å². The van der Waals surface area contributed by atoms with Crippen LogP contribution in [0.15, 0.2) is 5.16 Å². The van der Waals surface area contributed by atoms with Crippen LogP contribution in [-0.2, 0) is 14.4 Å². The van der Waals surface area contributed by atoms with Crippen LogP contribution in [0.5, 0.6) is 0 Å². The number of hydrogen-bond donors (Lipinski definition) is 0. The minimum atomic E-state index is -0.162. The summed E-state index contributed by atoms with van der Waals surface area (Å²) in [5.41, 5.74) is 0.504. The van der Waals surface area contributed by atoms with Crippen molar-refractivity contribution in [2.24, 2.45) is 11.1 Å². The Morgan fingerprint density at radius 1 is 1.26 bits per heavy atom. The summed E-state index contributed by atoms with van der Waals surface area (Å²) in [6.07, 6.45) is 1.95. The van der Waals surface area contributed by atoms with Gasteiger partial charge in [-0.2, -0.15) is 0 Å². The minimum absolute atomic E-state index is 0.0106. The molecule has 0 aromatic rings. The zero-order valence-corrected chi connectivity index (χ0v) is 14.2. The number of carbonyl (C=O) groups is 2. The van der Waals surface area contributed by atoms with Gasteiger partial charge in [0.2, 0.25) is 5.91 Å². The molecule has 0 aromatic carbocycles. The zero-order chi connectivity index (χ0) is 16.6. The Labute approximate surface area is 137 Å². The molecule has 7 nitrogen and oxygen atoms in total. The molecule has 2 amide bonds. The van der Waals surface area contributed by atoms with E-state index in [9.17, 15) is 9.59 Å². The van der Waals surface area contributed by atoms with E-state index in [1.54, 1.807) is 4.90 Å². The van der Waals surface area contributed by atoms with E-state index in [0.29, 0.717) is 31.4 Å². The maximum absolute atomic E-state index is 12.5. The number of likely N-dealkylation sites (N-methyl/N-ethyl adjacent to an activating group) is 1. The van der Waals surface area contributed by atoms with Gasteiger partial charge in [-0.3, -0.25) is 14.5 Å². The Morgan fingerprint density at radius 3 is 2.61 bits per heavy atom. The Morgan fingerprint density at radius 2 is 1.96 bits per heavy atom. The van der Waals surface area contributed by atoms with E-state index in [2.05, 4.69) is 19.0 Å². The Kier molecular flexibility index (Phi) is 4.57. The predicted molar refractivity (Wildman–Crippen MR) is 86.0 cm³/mol. The van der Waals surface area contributed by atoms with Crippen molar-refractivity contribution >= 4 is 17.5 Å². The molecule has 7 heteroatoms. The quantitative estimate of drug-likeness (QED) is 0.740. The highest BCUT2D eigenvalue weighted by Crippen LogP contribution is 2.28. The van der Waals surface area contributed by atoms with Gasteiger partial charge in [0.1, 0.15) is 0 Å². The fourth-order valence-electron chi connectivity index (χ4n) is 3.31. The second-order valence-electron chi connectivity index (χ2n) is 7.03. The third-order valence-electron chi connectivity index (χ3n) is 5.14. The van der Waals surface area contributed by atoms with Gasteiger partial charge >= 0.3 is 0 Å². The number of amides is 2.